The number of H-pyrrole nitrogens is 1. The van der Waals surface area contributed by atoms with Crippen molar-refractivity contribution < 1.29 is 4.79 Å². The van der Waals surface area contributed by atoms with E-state index in [0.29, 0.717) is 22.4 Å². The molecule has 7 nitrogen and oxygen atoms in total. The predicted molar refractivity (Wildman–Crippen MR) is 106 cm³/mol. The number of hydrogen-bond donors (Lipinski definition) is 3. The van der Waals surface area contributed by atoms with E-state index in [4.69, 9.17) is 0 Å². The Bertz CT molecular complexity index is 910. The summed E-state index contributed by atoms with van der Waals surface area (Å²) in [6.45, 7) is 4.11. The SMILES string of the molecule is CCc1nc(-c2ccc(C(=O)Nc3ncc(C4CCNCC4)s3)cc2)n[nH]1. The quantitative estimate of drug-likeness (QED) is 0.630. The van der Waals surface area contributed by atoms with E-state index in [1.54, 1.807) is 23.5 Å². The first-order valence-electron chi connectivity index (χ1n) is 9.22. The highest BCUT2D eigenvalue weighted by atomic mass is 32.1. The van der Waals surface area contributed by atoms with Crippen molar-refractivity contribution in [3.05, 3.63) is 46.7 Å². The highest BCUT2D eigenvalue weighted by molar-refractivity contribution is 7.15. The number of amides is 1. The Morgan fingerprint density at radius 3 is 2.74 bits per heavy atom. The zero-order valence-corrected chi connectivity index (χ0v) is 16.0. The lowest BCUT2D eigenvalue weighted by molar-refractivity contribution is 0.102. The van der Waals surface area contributed by atoms with Crippen molar-refractivity contribution in [2.24, 2.45) is 0 Å². The molecule has 27 heavy (non-hydrogen) atoms. The smallest absolute Gasteiger partial charge is 0.257 e. The zero-order chi connectivity index (χ0) is 18.6. The molecule has 0 unspecified atom stereocenters. The fourth-order valence-electron chi connectivity index (χ4n) is 3.16. The van der Waals surface area contributed by atoms with Crippen LogP contribution in [0, 0.1) is 0 Å². The van der Waals surface area contributed by atoms with E-state index in [9.17, 15) is 4.79 Å². The van der Waals surface area contributed by atoms with Gasteiger partial charge in [0.15, 0.2) is 11.0 Å². The lowest BCUT2D eigenvalue weighted by Crippen LogP contribution is -2.26. The van der Waals surface area contributed by atoms with Gasteiger partial charge in [0, 0.05) is 28.6 Å². The molecule has 1 amide bonds. The molecule has 3 N–H and O–H groups in total. The van der Waals surface area contributed by atoms with Gasteiger partial charge in [0.1, 0.15) is 5.82 Å². The third kappa shape index (κ3) is 4.06. The summed E-state index contributed by atoms with van der Waals surface area (Å²) in [5.74, 6) is 1.88. The topological polar surface area (TPSA) is 95.6 Å². The summed E-state index contributed by atoms with van der Waals surface area (Å²) in [7, 11) is 0. The standard InChI is InChI=1S/C19H22N6OS/c1-2-16-22-17(25-24-16)13-3-5-14(6-4-13)18(26)23-19-21-11-15(27-19)12-7-9-20-10-8-12/h3-6,11-12,20H,2,7-10H2,1H3,(H,21,23,26)(H,22,24,25). The number of thiazole rings is 1. The van der Waals surface area contributed by atoms with E-state index in [2.05, 4.69) is 30.8 Å². The van der Waals surface area contributed by atoms with Crippen molar-refractivity contribution in [2.75, 3.05) is 18.4 Å². The molecular formula is C19H22N6OS. The molecule has 0 saturated carbocycles. The number of benzene rings is 1. The Labute approximate surface area is 161 Å². The number of nitrogens with one attached hydrogen (secondary N) is 3. The first kappa shape index (κ1) is 17.8. The van der Waals surface area contributed by atoms with Crippen LogP contribution in [-0.2, 0) is 6.42 Å². The monoisotopic (exact) mass is 382 g/mol. The van der Waals surface area contributed by atoms with Gasteiger partial charge < -0.3 is 5.32 Å². The van der Waals surface area contributed by atoms with Crippen LogP contribution in [0.3, 0.4) is 0 Å². The predicted octanol–water partition coefficient (Wildman–Crippen LogP) is 3.21. The Kier molecular flexibility index (Phi) is 5.26. The number of carbonyl (C=O) groups excluding carboxylic acids is 1. The number of anilines is 1. The molecule has 1 saturated heterocycles. The molecule has 140 valence electrons. The number of piperidine rings is 1. The second kappa shape index (κ2) is 7.98. The summed E-state index contributed by atoms with van der Waals surface area (Å²) in [6, 6.07) is 7.29. The van der Waals surface area contributed by atoms with Gasteiger partial charge in [0.25, 0.3) is 5.91 Å². The van der Waals surface area contributed by atoms with Crippen molar-refractivity contribution in [1.29, 1.82) is 0 Å². The van der Waals surface area contributed by atoms with Gasteiger partial charge in [-0.15, -0.1) is 11.3 Å². The van der Waals surface area contributed by atoms with E-state index >= 15 is 0 Å². The average molecular weight is 382 g/mol. The summed E-state index contributed by atoms with van der Waals surface area (Å²) in [5.41, 5.74) is 1.47. The Hall–Kier alpha value is -2.58. The molecule has 0 bridgehead atoms. The van der Waals surface area contributed by atoms with Crippen LogP contribution in [0.4, 0.5) is 5.13 Å². The third-order valence-corrected chi connectivity index (χ3v) is 5.83. The molecule has 1 aliphatic rings. The maximum absolute atomic E-state index is 12.5. The van der Waals surface area contributed by atoms with Gasteiger partial charge in [0.05, 0.1) is 0 Å². The number of aromatic nitrogens is 4. The van der Waals surface area contributed by atoms with Gasteiger partial charge in [-0.1, -0.05) is 19.1 Å². The maximum atomic E-state index is 12.5. The molecule has 3 heterocycles. The van der Waals surface area contributed by atoms with Gasteiger partial charge >= 0.3 is 0 Å². The Morgan fingerprint density at radius 2 is 2.04 bits per heavy atom. The number of aromatic amines is 1. The van der Waals surface area contributed by atoms with Gasteiger partial charge in [-0.3, -0.25) is 15.2 Å². The second-order valence-corrected chi connectivity index (χ2v) is 7.65. The molecule has 2 aromatic heterocycles. The minimum absolute atomic E-state index is 0.156. The van der Waals surface area contributed by atoms with Crippen molar-refractivity contribution >= 4 is 22.4 Å². The average Bonchev–Trinajstić information content (AvgIpc) is 3.38. The number of hydrogen-bond acceptors (Lipinski definition) is 6. The van der Waals surface area contributed by atoms with Crippen LogP contribution in [0.5, 0.6) is 0 Å². The van der Waals surface area contributed by atoms with Gasteiger partial charge in [-0.2, -0.15) is 5.10 Å². The van der Waals surface area contributed by atoms with Crippen LogP contribution in [0.1, 0.15) is 46.7 Å². The minimum Gasteiger partial charge on any atom is -0.317 e. The molecule has 0 radical (unpaired) electrons. The molecular weight excluding hydrogens is 360 g/mol. The van der Waals surface area contributed by atoms with Gasteiger partial charge in [-0.25, -0.2) is 9.97 Å². The highest BCUT2D eigenvalue weighted by Gasteiger charge is 2.18. The summed E-state index contributed by atoms with van der Waals surface area (Å²) in [5, 5.41) is 14.0. The lowest BCUT2D eigenvalue weighted by Gasteiger charge is -2.20. The van der Waals surface area contributed by atoms with Crippen molar-refractivity contribution in [1.82, 2.24) is 25.5 Å². The lowest BCUT2D eigenvalue weighted by atomic mass is 9.97. The Morgan fingerprint density at radius 1 is 1.26 bits per heavy atom. The van der Waals surface area contributed by atoms with Crippen LogP contribution >= 0.6 is 11.3 Å². The second-order valence-electron chi connectivity index (χ2n) is 6.58. The van der Waals surface area contributed by atoms with Crippen LogP contribution in [-0.4, -0.2) is 39.2 Å². The molecule has 1 aliphatic heterocycles. The van der Waals surface area contributed by atoms with E-state index < -0.39 is 0 Å². The van der Waals surface area contributed by atoms with Crippen LogP contribution in [0.25, 0.3) is 11.4 Å². The fraction of sp³-hybridized carbons (Fsp3) is 0.368. The summed E-state index contributed by atoms with van der Waals surface area (Å²) < 4.78 is 0. The number of nitrogens with zero attached hydrogens (tertiary/aromatic N) is 3. The first-order valence-corrected chi connectivity index (χ1v) is 10.0. The molecule has 0 atom stereocenters. The minimum atomic E-state index is -0.156. The van der Waals surface area contributed by atoms with Crippen molar-refractivity contribution in [3.8, 4) is 11.4 Å². The van der Waals surface area contributed by atoms with Gasteiger partial charge in [0.2, 0.25) is 0 Å². The summed E-state index contributed by atoms with van der Waals surface area (Å²) in [6.07, 6.45) is 4.95. The summed E-state index contributed by atoms with van der Waals surface area (Å²) >= 11 is 1.57. The normalized spacial score (nSPS) is 15.0. The van der Waals surface area contributed by atoms with E-state index in [1.165, 1.54) is 4.88 Å². The van der Waals surface area contributed by atoms with Gasteiger partial charge in [-0.05, 0) is 44.0 Å². The maximum Gasteiger partial charge on any atom is 0.257 e. The molecule has 4 rings (SSSR count). The molecule has 0 spiro atoms. The van der Waals surface area contributed by atoms with E-state index in [0.717, 1.165) is 43.7 Å². The highest BCUT2D eigenvalue weighted by Crippen LogP contribution is 2.31. The molecule has 0 aliphatic carbocycles. The molecule has 3 aromatic rings. The van der Waals surface area contributed by atoms with Crippen molar-refractivity contribution in [2.45, 2.75) is 32.1 Å². The third-order valence-electron chi connectivity index (χ3n) is 4.76. The Balaban J connectivity index is 1.41. The molecule has 1 aromatic carbocycles. The first-order chi connectivity index (χ1) is 13.2. The van der Waals surface area contributed by atoms with Crippen LogP contribution in [0.15, 0.2) is 30.5 Å². The van der Waals surface area contributed by atoms with Crippen LogP contribution < -0.4 is 10.6 Å². The zero-order valence-electron chi connectivity index (χ0n) is 15.2. The van der Waals surface area contributed by atoms with E-state index in [-0.39, 0.29) is 5.91 Å². The number of carbonyl (C=O) groups is 1. The molecule has 1 fully saturated rings. The molecule has 8 heteroatoms. The van der Waals surface area contributed by atoms with Crippen LogP contribution in [0.2, 0.25) is 0 Å². The van der Waals surface area contributed by atoms with Crippen molar-refractivity contribution in [3.63, 3.8) is 0 Å². The summed E-state index contributed by atoms with van der Waals surface area (Å²) in [4.78, 5) is 22.5. The van der Waals surface area contributed by atoms with E-state index in [1.807, 2.05) is 25.3 Å². The fourth-order valence-corrected chi connectivity index (χ4v) is 4.14. The number of aryl methyl sites for hydroxylation is 1. The largest absolute Gasteiger partial charge is 0.317 e. The number of rotatable bonds is 5.